The van der Waals surface area contributed by atoms with Gasteiger partial charge >= 0.3 is 12.1 Å². The summed E-state index contributed by atoms with van der Waals surface area (Å²) in [6.45, 7) is 0.262. The predicted octanol–water partition coefficient (Wildman–Crippen LogP) is 3.01. The van der Waals surface area contributed by atoms with Crippen LogP contribution in [-0.2, 0) is 16.1 Å². The van der Waals surface area contributed by atoms with Gasteiger partial charge in [-0.15, -0.1) is 0 Å². The Balaban J connectivity index is 1.75. The Kier molecular flexibility index (Phi) is 3.78. The molecule has 2 aromatic carbocycles. The van der Waals surface area contributed by atoms with Gasteiger partial charge in [-0.1, -0.05) is 48.5 Å². The fourth-order valence-corrected chi connectivity index (χ4v) is 2.59. The van der Waals surface area contributed by atoms with Gasteiger partial charge < -0.3 is 9.84 Å². The van der Waals surface area contributed by atoms with E-state index in [0.29, 0.717) is 11.3 Å². The molecule has 0 bridgehead atoms. The zero-order valence-corrected chi connectivity index (χ0v) is 11.8. The lowest BCUT2D eigenvalue weighted by Gasteiger charge is -2.17. The van der Waals surface area contributed by atoms with E-state index in [0.717, 1.165) is 5.56 Å². The molecular formula is C17H15NO4. The van der Waals surface area contributed by atoms with Crippen molar-refractivity contribution in [1.82, 2.24) is 0 Å². The number of aliphatic carboxylic acids is 1. The van der Waals surface area contributed by atoms with E-state index in [1.807, 2.05) is 30.3 Å². The maximum atomic E-state index is 12.3. The van der Waals surface area contributed by atoms with Crippen LogP contribution in [0.15, 0.2) is 54.6 Å². The van der Waals surface area contributed by atoms with Crippen molar-refractivity contribution in [1.29, 1.82) is 0 Å². The Hall–Kier alpha value is -2.82. The fourth-order valence-electron chi connectivity index (χ4n) is 2.59. The van der Waals surface area contributed by atoms with E-state index >= 15 is 0 Å². The normalized spacial score (nSPS) is 16.2. The van der Waals surface area contributed by atoms with Gasteiger partial charge in [0.1, 0.15) is 12.5 Å². The molecule has 0 saturated heterocycles. The SMILES string of the molecule is O=C(O)C1CN(C(=O)OCc2ccccc2)c2ccccc21. The smallest absolute Gasteiger partial charge is 0.414 e. The summed E-state index contributed by atoms with van der Waals surface area (Å²) in [6.07, 6.45) is -0.528. The molecule has 1 atom stereocenters. The second-order valence-corrected chi connectivity index (χ2v) is 5.10. The Bertz CT molecular complexity index is 699. The van der Waals surface area contributed by atoms with E-state index in [2.05, 4.69) is 0 Å². The first-order valence-corrected chi connectivity index (χ1v) is 6.97. The number of amides is 1. The standard InChI is InChI=1S/C17H15NO4/c19-16(20)14-10-18(15-9-5-4-8-13(14)15)17(21)22-11-12-6-2-1-3-7-12/h1-9,14H,10-11H2,(H,19,20). The Morgan fingerprint density at radius 2 is 1.77 bits per heavy atom. The number of para-hydroxylation sites is 1. The molecule has 1 aliphatic rings. The molecule has 5 heteroatoms. The highest BCUT2D eigenvalue weighted by atomic mass is 16.6. The molecule has 0 aliphatic carbocycles. The van der Waals surface area contributed by atoms with Gasteiger partial charge in [-0.2, -0.15) is 0 Å². The van der Waals surface area contributed by atoms with Crippen LogP contribution < -0.4 is 4.90 Å². The summed E-state index contributed by atoms with van der Waals surface area (Å²) in [5, 5.41) is 9.29. The third-order valence-electron chi connectivity index (χ3n) is 3.69. The number of anilines is 1. The van der Waals surface area contributed by atoms with E-state index < -0.39 is 18.0 Å². The third-order valence-corrected chi connectivity index (χ3v) is 3.69. The van der Waals surface area contributed by atoms with Crippen molar-refractivity contribution in [2.75, 3.05) is 11.4 Å². The molecule has 5 nitrogen and oxygen atoms in total. The number of rotatable bonds is 3. The summed E-state index contributed by atoms with van der Waals surface area (Å²) in [5.74, 6) is -1.65. The van der Waals surface area contributed by atoms with Crippen LogP contribution >= 0.6 is 0 Å². The van der Waals surface area contributed by atoms with Gasteiger partial charge in [0.25, 0.3) is 0 Å². The van der Waals surface area contributed by atoms with Crippen LogP contribution in [0, 0.1) is 0 Å². The van der Waals surface area contributed by atoms with Crippen LogP contribution in [0.4, 0.5) is 10.5 Å². The van der Waals surface area contributed by atoms with Crippen molar-refractivity contribution >= 4 is 17.7 Å². The number of hydrogen-bond donors (Lipinski definition) is 1. The van der Waals surface area contributed by atoms with Crippen molar-refractivity contribution in [2.45, 2.75) is 12.5 Å². The highest BCUT2D eigenvalue weighted by molar-refractivity contribution is 5.95. The minimum absolute atomic E-state index is 0.0995. The maximum Gasteiger partial charge on any atom is 0.414 e. The van der Waals surface area contributed by atoms with Gasteiger partial charge in [0.05, 0.1) is 5.69 Å². The molecule has 0 spiro atoms. The number of carboxylic acid groups (broad SMARTS) is 1. The zero-order chi connectivity index (χ0) is 15.5. The van der Waals surface area contributed by atoms with Crippen molar-refractivity contribution in [3.63, 3.8) is 0 Å². The van der Waals surface area contributed by atoms with Crippen LogP contribution in [0.2, 0.25) is 0 Å². The number of carboxylic acids is 1. The molecule has 0 saturated carbocycles. The lowest BCUT2D eigenvalue weighted by Crippen LogP contribution is -2.31. The summed E-state index contributed by atoms with van der Waals surface area (Å²) < 4.78 is 5.29. The average Bonchev–Trinajstić information content (AvgIpc) is 2.93. The Labute approximate surface area is 127 Å². The average molecular weight is 297 g/mol. The highest BCUT2D eigenvalue weighted by Crippen LogP contribution is 2.36. The lowest BCUT2D eigenvalue weighted by molar-refractivity contribution is -0.138. The summed E-state index contributed by atoms with van der Waals surface area (Å²) in [7, 11) is 0. The van der Waals surface area contributed by atoms with Gasteiger partial charge in [-0.25, -0.2) is 4.79 Å². The molecule has 112 valence electrons. The molecule has 0 fully saturated rings. The largest absolute Gasteiger partial charge is 0.481 e. The number of carbonyl (C=O) groups excluding carboxylic acids is 1. The van der Waals surface area contributed by atoms with Crippen molar-refractivity contribution in [2.24, 2.45) is 0 Å². The first-order chi connectivity index (χ1) is 10.7. The monoisotopic (exact) mass is 297 g/mol. The van der Waals surface area contributed by atoms with Crippen LogP contribution in [-0.4, -0.2) is 23.7 Å². The number of fused-ring (bicyclic) bond motifs is 1. The van der Waals surface area contributed by atoms with Gasteiger partial charge in [-0.3, -0.25) is 9.69 Å². The van der Waals surface area contributed by atoms with E-state index in [1.54, 1.807) is 24.3 Å². The van der Waals surface area contributed by atoms with Crippen molar-refractivity contribution in [3.8, 4) is 0 Å². The zero-order valence-electron chi connectivity index (χ0n) is 11.8. The molecule has 1 amide bonds. The lowest BCUT2D eigenvalue weighted by atomic mass is 10.0. The van der Waals surface area contributed by atoms with Gasteiger partial charge in [0.15, 0.2) is 0 Å². The number of hydrogen-bond acceptors (Lipinski definition) is 3. The first-order valence-electron chi connectivity index (χ1n) is 6.97. The number of ether oxygens (including phenoxy) is 1. The molecule has 1 aliphatic heterocycles. The molecular weight excluding hydrogens is 282 g/mol. The molecule has 3 rings (SSSR count). The van der Waals surface area contributed by atoms with Crippen LogP contribution in [0.1, 0.15) is 17.0 Å². The highest BCUT2D eigenvalue weighted by Gasteiger charge is 2.37. The molecule has 1 unspecified atom stereocenters. The topological polar surface area (TPSA) is 66.8 Å². The molecule has 1 heterocycles. The fraction of sp³-hybridized carbons (Fsp3) is 0.176. The summed E-state index contributed by atoms with van der Waals surface area (Å²) in [6, 6.07) is 16.4. The van der Waals surface area contributed by atoms with Gasteiger partial charge in [-0.05, 0) is 17.2 Å². The minimum atomic E-state index is -0.939. The van der Waals surface area contributed by atoms with Gasteiger partial charge in [0, 0.05) is 6.54 Å². The first kappa shape index (κ1) is 14.1. The number of benzene rings is 2. The summed E-state index contributed by atoms with van der Waals surface area (Å²) >= 11 is 0. The third kappa shape index (κ3) is 2.65. The van der Waals surface area contributed by atoms with Crippen LogP contribution in [0.25, 0.3) is 0 Å². The summed E-state index contributed by atoms with van der Waals surface area (Å²) in [4.78, 5) is 25.0. The number of carbonyl (C=O) groups is 2. The minimum Gasteiger partial charge on any atom is -0.481 e. The second kappa shape index (κ2) is 5.89. The summed E-state index contributed by atoms with van der Waals surface area (Å²) in [5.41, 5.74) is 2.14. The maximum absolute atomic E-state index is 12.3. The van der Waals surface area contributed by atoms with E-state index in [-0.39, 0.29) is 13.2 Å². The molecule has 0 radical (unpaired) electrons. The van der Waals surface area contributed by atoms with E-state index in [1.165, 1.54) is 4.90 Å². The molecule has 0 aromatic heterocycles. The van der Waals surface area contributed by atoms with E-state index in [4.69, 9.17) is 4.74 Å². The molecule has 1 N–H and O–H groups in total. The van der Waals surface area contributed by atoms with Crippen molar-refractivity contribution < 1.29 is 19.4 Å². The Morgan fingerprint density at radius 3 is 2.50 bits per heavy atom. The van der Waals surface area contributed by atoms with Gasteiger partial charge in [0.2, 0.25) is 0 Å². The van der Waals surface area contributed by atoms with Crippen molar-refractivity contribution in [3.05, 3.63) is 65.7 Å². The predicted molar refractivity (Wildman–Crippen MR) is 80.8 cm³/mol. The number of nitrogens with zero attached hydrogens (tertiary/aromatic N) is 1. The van der Waals surface area contributed by atoms with Crippen LogP contribution in [0.5, 0.6) is 0 Å². The second-order valence-electron chi connectivity index (χ2n) is 5.10. The Morgan fingerprint density at radius 1 is 1.09 bits per heavy atom. The molecule has 2 aromatic rings. The molecule has 22 heavy (non-hydrogen) atoms. The van der Waals surface area contributed by atoms with E-state index in [9.17, 15) is 14.7 Å². The van der Waals surface area contributed by atoms with Crippen LogP contribution in [0.3, 0.4) is 0 Å². The quantitative estimate of drug-likeness (QED) is 0.945.